The Balaban J connectivity index is 1.60. The second kappa shape index (κ2) is 5.36. The summed E-state index contributed by atoms with van der Waals surface area (Å²) >= 11 is 0. The van der Waals surface area contributed by atoms with Crippen LogP contribution in [0.25, 0.3) is 0 Å². The van der Waals surface area contributed by atoms with Gasteiger partial charge < -0.3 is 9.84 Å². The molecule has 20 heavy (non-hydrogen) atoms. The lowest BCUT2D eigenvalue weighted by atomic mass is 10.1. The van der Waals surface area contributed by atoms with Gasteiger partial charge in [-0.05, 0) is 13.3 Å². The Morgan fingerprint density at radius 2 is 2.35 bits per heavy atom. The number of fused-ring (bicyclic) bond motifs is 1. The van der Waals surface area contributed by atoms with E-state index >= 15 is 0 Å². The lowest BCUT2D eigenvalue weighted by molar-refractivity contribution is 0.323. The van der Waals surface area contributed by atoms with E-state index in [4.69, 9.17) is 4.52 Å². The summed E-state index contributed by atoms with van der Waals surface area (Å²) in [5.74, 6) is 3.33. The van der Waals surface area contributed by atoms with Crippen molar-refractivity contribution in [3.8, 4) is 0 Å². The summed E-state index contributed by atoms with van der Waals surface area (Å²) in [4.78, 5) is 4.60. The number of aromatic nitrogens is 4. The fourth-order valence-corrected chi connectivity index (χ4v) is 2.48. The molecule has 0 amide bonds. The number of hydrogen-bond donors (Lipinski definition) is 1. The molecular formula is C14H21N5O. The molecule has 0 bridgehead atoms. The molecule has 2 aromatic heterocycles. The summed E-state index contributed by atoms with van der Waals surface area (Å²) in [6.45, 7) is 7.78. The first-order valence-electron chi connectivity index (χ1n) is 7.21. The molecule has 0 saturated carbocycles. The summed E-state index contributed by atoms with van der Waals surface area (Å²) < 4.78 is 7.26. The second-order valence-corrected chi connectivity index (χ2v) is 5.77. The number of aryl methyl sites for hydroxylation is 2. The van der Waals surface area contributed by atoms with E-state index < -0.39 is 0 Å². The van der Waals surface area contributed by atoms with E-state index in [9.17, 15) is 0 Å². The normalized spacial score (nSPS) is 18.5. The number of nitrogens with zero attached hydrogens (tertiary/aromatic N) is 4. The standard InChI is InChI=1S/C14H21N5O/c1-9(2)14-16-13-5-4-11(8-19(13)17-14)15-7-12-6-10(3)18-20-12/h6,9,11,15H,4-5,7-8H2,1-3H3/t11-/m0/s1. The molecule has 3 heterocycles. The number of rotatable bonds is 4. The molecule has 1 aliphatic heterocycles. The first-order valence-corrected chi connectivity index (χ1v) is 7.21. The van der Waals surface area contributed by atoms with Crippen molar-refractivity contribution in [2.45, 2.75) is 58.7 Å². The highest BCUT2D eigenvalue weighted by molar-refractivity contribution is 5.04. The third-order valence-corrected chi connectivity index (χ3v) is 3.63. The minimum atomic E-state index is 0.386. The molecule has 108 valence electrons. The van der Waals surface area contributed by atoms with Gasteiger partial charge in [-0.2, -0.15) is 5.10 Å². The van der Waals surface area contributed by atoms with Gasteiger partial charge in [-0.1, -0.05) is 19.0 Å². The van der Waals surface area contributed by atoms with Crippen LogP contribution in [-0.4, -0.2) is 26.0 Å². The summed E-state index contributed by atoms with van der Waals surface area (Å²) in [5, 5.41) is 12.0. The average molecular weight is 275 g/mol. The van der Waals surface area contributed by atoms with Crippen LogP contribution in [0.3, 0.4) is 0 Å². The van der Waals surface area contributed by atoms with Gasteiger partial charge in [-0.15, -0.1) is 0 Å². The van der Waals surface area contributed by atoms with E-state index in [0.29, 0.717) is 18.5 Å². The van der Waals surface area contributed by atoms with Crippen molar-refractivity contribution in [3.05, 3.63) is 29.2 Å². The molecule has 6 nitrogen and oxygen atoms in total. The first-order chi connectivity index (χ1) is 9.61. The zero-order valence-corrected chi connectivity index (χ0v) is 12.3. The van der Waals surface area contributed by atoms with Crippen LogP contribution < -0.4 is 5.32 Å². The van der Waals surface area contributed by atoms with Crippen LogP contribution in [0.5, 0.6) is 0 Å². The Hall–Kier alpha value is -1.69. The van der Waals surface area contributed by atoms with Crippen LogP contribution in [-0.2, 0) is 19.5 Å². The van der Waals surface area contributed by atoms with E-state index in [-0.39, 0.29) is 0 Å². The highest BCUT2D eigenvalue weighted by Crippen LogP contribution is 2.17. The SMILES string of the molecule is Cc1cc(CN[C@H]2CCc3nc(C(C)C)nn3C2)on1. The summed E-state index contributed by atoms with van der Waals surface area (Å²) in [7, 11) is 0. The van der Waals surface area contributed by atoms with Crippen molar-refractivity contribution < 1.29 is 4.52 Å². The number of hydrogen-bond acceptors (Lipinski definition) is 5. The molecule has 0 saturated heterocycles. The van der Waals surface area contributed by atoms with Gasteiger partial charge in [0.25, 0.3) is 0 Å². The summed E-state index contributed by atoms with van der Waals surface area (Å²) in [6.07, 6.45) is 2.07. The smallest absolute Gasteiger partial charge is 0.153 e. The molecule has 0 aromatic carbocycles. The maximum Gasteiger partial charge on any atom is 0.153 e. The fourth-order valence-electron chi connectivity index (χ4n) is 2.48. The van der Waals surface area contributed by atoms with Gasteiger partial charge in [-0.25, -0.2) is 9.67 Å². The Morgan fingerprint density at radius 3 is 3.05 bits per heavy atom. The van der Waals surface area contributed by atoms with Crippen LogP contribution in [0.2, 0.25) is 0 Å². The number of nitrogens with one attached hydrogen (secondary N) is 1. The lowest BCUT2D eigenvalue weighted by Gasteiger charge is -2.23. The first kappa shape index (κ1) is 13.3. The zero-order chi connectivity index (χ0) is 14.1. The Bertz CT molecular complexity index is 586. The molecule has 2 aromatic rings. The van der Waals surface area contributed by atoms with Gasteiger partial charge in [0.2, 0.25) is 0 Å². The van der Waals surface area contributed by atoms with E-state index in [1.54, 1.807) is 0 Å². The van der Waals surface area contributed by atoms with Gasteiger partial charge in [0.1, 0.15) is 5.82 Å². The van der Waals surface area contributed by atoms with Gasteiger partial charge in [-0.3, -0.25) is 0 Å². The minimum Gasteiger partial charge on any atom is -0.360 e. The quantitative estimate of drug-likeness (QED) is 0.921. The maximum atomic E-state index is 5.21. The Labute approximate surface area is 118 Å². The van der Waals surface area contributed by atoms with Crippen LogP contribution >= 0.6 is 0 Å². The van der Waals surface area contributed by atoms with E-state index in [2.05, 4.69) is 34.4 Å². The van der Waals surface area contributed by atoms with Crippen molar-refractivity contribution in [2.75, 3.05) is 0 Å². The topological polar surface area (TPSA) is 68.8 Å². The van der Waals surface area contributed by atoms with Gasteiger partial charge in [0, 0.05) is 24.4 Å². The molecule has 3 rings (SSSR count). The second-order valence-electron chi connectivity index (χ2n) is 5.77. The highest BCUT2D eigenvalue weighted by atomic mass is 16.5. The summed E-state index contributed by atoms with van der Waals surface area (Å²) in [5.41, 5.74) is 0.922. The van der Waals surface area contributed by atoms with Gasteiger partial charge >= 0.3 is 0 Å². The van der Waals surface area contributed by atoms with Crippen molar-refractivity contribution in [1.29, 1.82) is 0 Å². The molecule has 0 unspecified atom stereocenters. The summed E-state index contributed by atoms with van der Waals surface area (Å²) in [6, 6.07) is 2.38. The van der Waals surface area contributed by atoms with Crippen molar-refractivity contribution in [3.63, 3.8) is 0 Å². The average Bonchev–Trinajstić information content (AvgIpc) is 3.01. The molecule has 1 aliphatic rings. The molecule has 1 atom stereocenters. The predicted molar refractivity (Wildman–Crippen MR) is 74.3 cm³/mol. The molecule has 0 radical (unpaired) electrons. The van der Waals surface area contributed by atoms with E-state index in [1.807, 2.05) is 17.7 Å². The third kappa shape index (κ3) is 2.75. The largest absolute Gasteiger partial charge is 0.360 e. The fraction of sp³-hybridized carbons (Fsp3) is 0.643. The van der Waals surface area contributed by atoms with Crippen molar-refractivity contribution in [1.82, 2.24) is 25.2 Å². The van der Waals surface area contributed by atoms with Crippen LogP contribution in [0, 0.1) is 6.92 Å². The van der Waals surface area contributed by atoms with Crippen molar-refractivity contribution in [2.24, 2.45) is 0 Å². The molecule has 0 aliphatic carbocycles. The molecule has 0 fully saturated rings. The van der Waals surface area contributed by atoms with Gasteiger partial charge in [0.15, 0.2) is 11.6 Å². The van der Waals surface area contributed by atoms with E-state index in [1.165, 1.54) is 0 Å². The lowest BCUT2D eigenvalue weighted by Crippen LogP contribution is -2.37. The molecule has 1 N–H and O–H groups in total. The van der Waals surface area contributed by atoms with Crippen LogP contribution in [0.4, 0.5) is 0 Å². The van der Waals surface area contributed by atoms with Gasteiger partial charge in [0.05, 0.1) is 18.8 Å². The zero-order valence-electron chi connectivity index (χ0n) is 12.3. The molecule has 6 heteroatoms. The minimum absolute atomic E-state index is 0.386. The monoisotopic (exact) mass is 275 g/mol. The van der Waals surface area contributed by atoms with E-state index in [0.717, 1.165) is 42.5 Å². The van der Waals surface area contributed by atoms with Crippen LogP contribution in [0.1, 0.15) is 49.3 Å². The Morgan fingerprint density at radius 1 is 1.50 bits per heavy atom. The third-order valence-electron chi connectivity index (χ3n) is 3.63. The molecule has 0 spiro atoms. The maximum absolute atomic E-state index is 5.21. The highest BCUT2D eigenvalue weighted by Gasteiger charge is 2.22. The van der Waals surface area contributed by atoms with Crippen molar-refractivity contribution >= 4 is 0 Å². The molecular weight excluding hydrogens is 254 g/mol. The van der Waals surface area contributed by atoms with Crippen LogP contribution in [0.15, 0.2) is 10.6 Å². The Kier molecular flexibility index (Phi) is 3.56. The predicted octanol–water partition coefficient (Wildman–Crippen LogP) is 1.80.